The summed E-state index contributed by atoms with van der Waals surface area (Å²) in [5.41, 5.74) is 2.29. The minimum Gasteiger partial charge on any atom is -0.493 e. The fraction of sp³-hybridized carbons (Fsp3) is 0.421. The van der Waals surface area contributed by atoms with Gasteiger partial charge in [-0.2, -0.15) is 0 Å². The molecule has 1 aromatic heterocycles. The SMILES string of the molecule is COc1cccc(C(c2cccnc2)N2CCCNCC2)c1OC. The Kier molecular flexibility index (Phi) is 5.67. The molecule has 0 aliphatic carbocycles. The molecule has 1 unspecified atom stereocenters. The number of hydrogen-bond acceptors (Lipinski definition) is 5. The Balaban J connectivity index is 2.08. The van der Waals surface area contributed by atoms with Crippen LogP contribution in [-0.2, 0) is 0 Å². The molecule has 0 bridgehead atoms. The van der Waals surface area contributed by atoms with Crippen molar-refractivity contribution in [2.24, 2.45) is 0 Å². The van der Waals surface area contributed by atoms with Gasteiger partial charge in [-0.3, -0.25) is 9.88 Å². The topological polar surface area (TPSA) is 46.6 Å². The van der Waals surface area contributed by atoms with Crippen molar-refractivity contribution in [3.63, 3.8) is 0 Å². The molecule has 3 rings (SSSR count). The average Bonchev–Trinajstić information content (AvgIpc) is 2.92. The predicted octanol–water partition coefficient (Wildman–Crippen LogP) is 2.48. The second kappa shape index (κ2) is 8.13. The summed E-state index contributed by atoms with van der Waals surface area (Å²) in [4.78, 5) is 6.83. The molecule has 5 heteroatoms. The van der Waals surface area contributed by atoms with Crippen LogP contribution in [0.1, 0.15) is 23.6 Å². The zero-order valence-electron chi connectivity index (χ0n) is 14.4. The molecule has 0 spiro atoms. The van der Waals surface area contributed by atoms with Crippen molar-refractivity contribution in [1.82, 2.24) is 15.2 Å². The molecule has 5 nitrogen and oxygen atoms in total. The molecule has 2 heterocycles. The minimum absolute atomic E-state index is 0.101. The largest absolute Gasteiger partial charge is 0.493 e. The molecule has 1 N–H and O–H groups in total. The molecule has 128 valence electrons. The van der Waals surface area contributed by atoms with Gasteiger partial charge in [-0.15, -0.1) is 0 Å². The first-order chi connectivity index (χ1) is 11.8. The van der Waals surface area contributed by atoms with Crippen LogP contribution in [0, 0.1) is 0 Å². The van der Waals surface area contributed by atoms with Crippen molar-refractivity contribution >= 4 is 0 Å². The summed E-state index contributed by atoms with van der Waals surface area (Å²) in [6.07, 6.45) is 4.89. The molecule has 0 amide bonds. The van der Waals surface area contributed by atoms with E-state index in [1.165, 1.54) is 5.56 Å². The standard InChI is InChI=1S/C19H25N3O2/c1-23-17-8-3-7-16(19(17)24-2)18(15-6-4-9-21-14-15)22-12-5-10-20-11-13-22/h3-4,6-9,14,18,20H,5,10-13H2,1-2H3. The predicted molar refractivity (Wildman–Crippen MR) is 94.7 cm³/mol. The average molecular weight is 327 g/mol. The van der Waals surface area contributed by atoms with Gasteiger partial charge in [0.05, 0.1) is 20.3 Å². The van der Waals surface area contributed by atoms with Gasteiger partial charge in [-0.25, -0.2) is 0 Å². The van der Waals surface area contributed by atoms with Crippen LogP contribution in [0.25, 0.3) is 0 Å². The Morgan fingerprint density at radius 1 is 1.08 bits per heavy atom. The van der Waals surface area contributed by atoms with Crippen LogP contribution in [0.4, 0.5) is 0 Å². The first-order valence-electron chi connectivity index (χ1n) is 8.40. The third kappa shape index (κ3) is 3.52. The van der Waals surface area contributed by atoms with Gasteiger partial charge in [0.25, 0.3) is 0 Å². The highest BCUT2D eigenvalue weighted by atomic mass is 16.5. The van der Waals surface area contributed by atoms with Gasteiger partial charge in [-0.1, -0.05) is 18.2 Å². The summed E-state index contributed by atoms with van der Waals surface area (Å²) in [7, 11) is 3.38. The summed E-state index contributed by atoms with van der Waals surface area (Å²) < 4.78 is 11.2. The summed E-state index contributed by atoms with van der Waals surface area (Å²) in [6, 6.07) is 10.3. The van der Waals surface area contributed by atoms with Crippen LogP contribution >= 0.6 is 0 Å². The molecule has 1 aliphatic heterocycles. The number of ether oxygens (including phenoxy) is 2. The maximum Gasteiger partial charge on any atom is 0.165 e. The number of aromatic nitrogens is 1. The third-order valence-electron chi connectivity index (χ3n) is 4.47. The van der Waals surface area contributed by atoms with Crippen molar-refractivity contribution < 1.29 is 9.47 Å². The van der Waals surface area contributed by atoms with E-state index in [1.807, 2.05) is 30.6 Å². The smallest absolute Gasteiger partial charge is 0.165 e. The van der Waals surface area contributed by atoms with Crippen molar-refractivity contribution in [2.75, 3.05) is 40.4 Å². The maximum atomic E-state index is 5.70. The van der Waals surface area contributed by atoms with E-state index < -0.39 is 0 Å². The zero-order valence-corrected chi connectivity index (χ0v) is 14.4. The fourth-order valence-electron chi connectivity index (χ4n) is 3.38. The Hall–Kier alpha value is -2.11. The molecule has 1 aromatic carbocycles. The highest BCUT2D eigenvalue weighted by molar-refractivity contribution is 5.50. The van der Waals surface area contributed by atoms with E-state index in [4.69, 9.17) is 9.47 Å². The quantitative estimate of drug-likeness (QED) is 0.914. The van der Waals surface area contributed by atoms with E-state index in [0.717, 1.165) is 49.7 Å². The molecule has 0 saturated carbocycles. The van der Waals surface area contributed by atoms with E-state index in [9.17, 15) is 0 Å². The maximum absolute atomic E-state index is 5.70. The molecule has 1 atom stereocenters. The Morgan fingerprint density at radius 3 is 2.75 bits per heavy atom. The molecule has 1 aliphatic rings. The number of nitrogens with one attached hydrogen (secondary N) is 1. The van der Waals surface area contributed by atoms with Crippen molar-refractivity contribution in [3.05, 3.63) is 53.9 Å². The van der Waals surface area contributed by atoms with Crippen LogP contribution in [-0.4, -0.2) is 50.3 Å². The van der Waals surface area contributed by atoms with Crippen molar-refractivity contribution in [1.29, 1.82) is 0 Å². The number of benzene rings is 1. The van der Waals surface area contributed by atoms with E-state index in [1.54, 1.807) is 14.2 Å². The number of pyridine rings is 1. The highest BCUT2D eigenvalue weighted by Crippen LogP contribution is 2.39. The van der Waals surface area contributed by atoms with Crippen LogP contribution in [0.3, 0.4) is 0 Å². The van der Waals surface area contributed by atoms with Gasteiger partial charge < -0.3 is 14.8 Å². The number of rotatable bonds is 5. The lowest BCUT2D eigenvalue weighted by atomic mass is 9.96. The third-order valence-corrected chi connectivity index (χ3v) is 4.47. The van der Waals surface area contributed by atoms with Crippen molar-refractivity contribution in [2.45, 2.75) is 12.5 Å². The molecule has 1 fully saturated rings. The summed E-state index contributed by atoms with van der Waals surface area (Å²) in [5, 5.41) is 3.47. The van der Waals surface area contributed by atoms with Gasteiger partial charge in [0.15, 0.2) is 11.5 Å². The van der Waals surface area contributed by atoms with E-state index in [2.05, 4.69) is 27.3 Å². The summed E-state index contributed by atoms with van der Waals surface area (Å²) >= 11 is 0. The zero-order chi connectivity index (χ0) is 16.8. The van der Waals surface area contributed by atoms with E-state index in [-0.39, 0.29) is 6.04 Å². The second-order valence-corrected chi connectivity index (χ2v) is 5.91. The van der Waals surface area contributed by atoms with Crippen LogP contribution in [0.5, 0.6) is 11.5 Å². The fourth-order valence-corrected chi connectivity index (χ4v) is 3.38. The number of nitrogens with zero attached hydrogens (tertiary/aromatic N) is 2. The Bertz CT molecular complexity index is 640. The molecular weight excluding hydrogens is 302 g/mol. The van der Waals surface area contributed by atoms with Gasteiger partial charge >= 0.3 is 0 Å². The van der Waals surface area contributed by atoms with Crippen LogP contribution in [0.15, 0.2) is 42.7 Å². The normalized spacial score (nSPS) is 17.1. The lowest BCUT2D eigenvalue weighted by molar-refractivity contribution is 0.234. The summed E-state index contributed by atoms with van der Waals surface area (Å²) in [6.45, 7) is 4.07. The van der Waals surface area contributed by atoms with E-state index in [0.29, 0.717) is 0 Å². The molecular formula is C19H25N3O2. The number of para-hydroxylation sites is 1. The first kappa shape index (κ1) is 16.7. The Morgan fingerprint density at radius 2 is 2.00 bits per heavy atom. The Labute approximate surface area is 143 Å². The lowest BCUT2D eigenvalue weighted by Gasteiger charge is -2.32. The number of methoxy groups -OCH3 is 2. The molecule has 2 aromatic rings. The van der Waals surface area contributed by atoms with Gasteiger partial charge in [0.1, 0.15) is 0 Å². The minimum atomic E-state index is 0.101. The molecule has 24 heavy (non-hydrogen) atoms. The van der Waals surface area contributed by atoms with E-state index >= 15 is 0 Å². The highest BCUT2D eigenvalue weighted by Gasteiger charge is 2.27. The van der Waals surface area contributed by atoms with Gasteiger partial charge in [0, 0.05) is 37.6 Å². The molecule has 0 radical (unpaired) electrons. The summed E-state index contributed by atoms with van der Waals surface area (Å²) in [5.74, 6) is 1.56. The van der Waals surface area contributed by atoms with Gasteiger partial charge in [0.2, 0.25) is 0 Å². The van der Waals surface area contributed by atoms with Crippen LogP contribution in [0.2, 0.25) is 0 Å². The lowest BCUT2D eigenvalue weighted by Crippen LogP contribution is -2.33. The van der Waals surface area contributed by atoms with Crippen LogP contribution < -0.4 is 14.8 Å². The monoisotopic (exact) mass is 327 g/mol. The van der Waals surface area contributed by atoms with Gasteiger partial charge in [-0.05, 0) is 30.7 Å². The first-order valence-corrected chi connectivity index (χ1v) is 8.40. The van der Waals surface area contributed by atoms with Crippen molar-refractivity contribution in [3.8, 4) is 11.5 Å². The second-order valence-electron chi connectivity index (χ2n) is 5.91. The molecule has 1 saturated heterocycles. The number of hydrogen-bond donors (Lipinski definition) is 1.